The summed E-state index contributed by atoms with van der Waals surface area (Å²) in [4.78, 5) is 16.1. The molecule has 0 saturated heterocycles. The Morgan fingerprint density at radius 1 is 1.04 bits per heavy atom. The van der Waals surface area contributed by atoms with Gasteiger partial charge in [0.1, 0.15) is 18.1 Å². The van der Waals surface area contributed by atoms with Crippen LogP contribution in [0.2, 0.25) is 0 Å². The molecular weight excluding hydrogens is 360 g/mol. The van der Waals surface area contributed by atoms with Crippen molar-refractivity contribution in [2.75, 3.05) is 40.4 Å². The molecule has 0 fully saturated rings. The topological polar surface area (TPSA) is 97.1 Å². The van der Waals surface area contributed by atoms with Crippen LogP contribution < -0.4 is 25.4 Å². The van der Waals surface area contributed by atoms with Crippen LogP contribution in [0.15, 0.2) is 46.0 Å². The van der Waals surface area contributed by atoms with Gasteiger partial charge in [-0.1, -0.05) is 0 Å². The molecule has 152 valence electrons. The Hall–Kier alpha value is -3.16. The number of hydrogen-bond acceptors (Lipinski definition) is 5. The molecule has 0 radical (unpaired) electrons. The molecule has 28 heavy (non-hydrogen) atoms. The largest absolute Gasteiger partial charge is 0.497 e. The predicted octanol–water partition coefficient (Wildman–Crippen LogP) is 1.96. The second kappa shape index (κ2) is 11.5. The fourth-order valence-electron chi connectivity index (χ4n) is 2.41. The number of carbonyl (C=O) groups is 1. The Labute approximate surface area is 165 Å². The average molecular weight is 388 g/mol. The SMILES string of the molecule is CN=C(NCCCNC(=O)c1occc1C)NCCOc1ccc(OC)cc1. The number of nitrogens with zero attached hydrogens (tertiary/aromatic N) is 1. The molecule has 8 heteroatoms. The molecule has 8 nitrogen and oxygen atoms in total. The highest BCUT2D eigenvalue weighted by Gasteiger charge is 2.11. The number of guanidine groups is 1. The molecule has 1 heterocycles. The fourth-order valence-corrected chi connectivity index (χ4v) is 2.41. The van der Waals surface area contributed by atoms with E-state index in [-0.39, 0.29) is 5.91 Å². The van der Waals surface area contributed by atoms with E-state index >= 15 is 0 Å². The van der Waals surface area contributed by atoms with E-state index in [4.69, 9.17) is 13.9 Å². The van der Waals surface area contributed by atoms with Crippen molar-refractivity contribution in [1.82, 2.24) is 16.0 Å². The smallest absolute Gasteiger partial charge is 0.287 e. The highest BCUT2D eigenvalue weighted by molar-refractivity contribution is 5.92. The highest BCUT2D eigenvalue weighted by Crippen LogP contribution is 2.16. The van der Waals surface area contributed by atoms with Crippen LogP contribution in [-0.2, 0) is 0 Å². The van der Waals surface area contributed by atoms with Gasteiger partial charge >= 0.3 is 0 Å². The zero-order valence-corrected chi connectivity index (χ0v) is 16.6. The Kier molecular flexibility index (Phi) is 8.71. The van der Waals surface area contributed by atoms with Crippen LogP contribution in [0.4, 0.5) is 0 Å². The van der Waals surface area contributed by atoms with Crippen molar-refractivity contribution in [3.8, 4) is 11.5 Å². The minimum Gasteiger partial charge on any atom is -0.497 e. The standard InChI is InChI=1S/C20H28N4O4/c1-15-9-13-28-18(15)19(25)22-10-4-11-23-20(21-2)24-12-14-27-17-7-5-16(26-3)6-8-17/h5-9,13H,4,10-12,14H2,1-3H3,(H,22,25)(H2,21,23,24). The first kappa shape index (κ1) is 21.1. The van der Waals surface area contributed by atoms with E-state index < -0.39 is 0 Å². The number of aliphatic imine (C=N–C) groups is 1. The molecule has 0 spiro atoms. The second-order valence-electron chi connectivity index (χ2n) is 5.99. The van der Waals surface area contributed by atoms with E-state index in [9.17, 15) is 4.79 Å². The maximum Gasteiger partial charge on any atom is 0.287 e. The molecule has 2 aromatic rings. The van der Waals surface area contributed by atoms with Gasteiger partial charge in [-0.25, -0.2) is 0 Å². The van der Waals surface area contributed by atoms with Gasteiger partial charge in [-0.3, -0.25) is 9.79 Å². The van der Waals surface area contributed by atoms with Gasteiger partial charge in [0, 0.05) is 25.7 Å². The number of nitrogens with one attached hydrogen (secondary N) is 3. The van der Waals surface area contributed by atoms with E-state index in [1.54, 1.807) is 20.2 Å². The summed E-state index contributed by atoms with van der Waals surface area (Å²) in [5.74, 6) is 2.44. The molecule has 1 aromatic heterocycles. The molecule has 0 unspecified atom stereocenters. The third-order valence-electron chi connectivity index (χ3n) is 3.95. The lowest BCUT2D eigenvalue weighted by Crippen LogP contribution is -2.40. The van der Waals surface area contributed by atoms with Crippen molar-refractivity contribution in [3.63, 3.8) is 0 Å². The van der Waals surface area contributed by atoms with Gasteiger partial charge in [0.15, 0.2) is 11.7 Å². The van der Waals surface area contributed by atoms with Crippen molar-refractivity contribution in [2.45, 2.75) is 13.3 Å². The molecule has 0 aliphatic heterocycles. The maximum atomic E-state index is 11.9. The Morgan fingerprint density at radius 2 is 1.71 bits per heavy atom. The van der Waals surface area contributed by atoms with E-state index in [0.717, 1.165) is 23.5 Å². The molecule has 0 aliphatic rings. The first-order chi connectivity index (χ1) is 13.6. The van der Waals surface area contributed by atoms with E-state index in [1.165, 1.54) is 6.26 Å². The van der Waals surface area contributed by atoms with Crippen LogP contribution in [0.25, 0.3) is 0 Å². The third-order valence-corrected chi connectivity index (χ3v) is 3.95. The summed E-state index contributed by atoms with van der Waals surface area (Å²) in [5, 5.41) is 9.21. The first-order valence-electron chi connectivity index (χ1n) is 9.17. The summed E-state index contributed by atoms with van der Waals surface area (Å²) in [5.41, 5.74) is 0.831. The number of rotatable bonds is 10. The first-order valence-corrected chi connectivity index (χ1v) is 9.17. The minimum atomic E-state index is -0.194. The molecule has 0 saturated carbocycles. The number of methoxy groups -OCH3 is 1. The zero-order valence-electron chi connectivity index (χ0n) is 16.6. The van der Waals surface area contributed by atoms with Gasteiger partial charge in [-0.2, -0.15) is 0 Å². The van der Waals surface area contributed by atoms with Gasteiger partial charge in [0.2, 0.25) is 0 Å². The van der Waals surface area contributed by atoms with Crippen LogP contribution in [0.3, 0.4) is 0 Å². The van der Waals surface area contributed by atoms with Gasteiger partial charge in [-0.05, 0) is 43.7 Å². The van der Waals surface area contributed by atoms with Crippen LogP contribution in [0.1, 0.15) is 22.5 Å². The summed E-state index contributed by atoms with van der Waals surface area (Å²) < 4.78 is 15.9. The monoisotopic (exact) mass is 388 g/mol. The van der Waals surface area contributed by atoms with E-state index in [0.29, 0.717) is 38.0 Å². The van der Waals surface area contributed by atoms with Crippen LogP contribution in [0, 0.1) is 6.92 Å². The summed E-state index contributed by atoms with van der Waals surface area (Å²) >= 11 is 0. The number of hydrogen-bond donors (Lipinski definition) is 3. The number of aryl methyl sites for hydroxylation is 1. The number of benzene rings is 1. The molecule has 3 N–H and O–H groups in total. The number of amides is 1. The zero-order chi connectivity index (χ0) is 20.2. The summed E-state index contributed by atoms with van der Waals surface area (Å²) in [6, 6.07) is 9.21. The predicted molar refractivity (Wildman–Crippen MR) is 108 cm³/mol. The van der Waals surface area contributed by atoms with Crippen LogP contribution in [-0.4, -0.2) is 52.3 Å². The summed E-state index contributed by atoms with van der Waals surface area (Å²) in [6.07, 6.45) is 2.27. The number of carbonyl (C=O) groups excluding carboxylic acids is 1. The summed E-state index contributed by atoms with van der Waals surface area (Å²) in [6.45, 7) is 4.18. The molecule has 0 atom stereocenters. The highest BCUT2D eigenvalue weighted by atomic mass is 16.5. The van der Waals surface area contributed by atoms with Gasteiger partial charge < -0.3 is 29.8 Å². The normalized spacial score (nSPS) is 11.0. The third kappa shape index (κ3) is 6.86. The lowest BCUT2D eigenvalue weighted by Gasteiger charge is -2.13. The molecule has 0 aliphatic carbocycles. The van der Waals surface area contributed by atoms with Crippen molar-refractivity contribution in [1.29, 1.82) is 0 Å². The fraction of sp³-hybridized carbons (Fsp3) is 0.400. The molecule has 2 rings (SSSR count). The minimum absolute atomic E-state index is 0.194. The van der Waals surface area contributed by atoms with E-state index in [2.05, 4.69) is 20.9 Å². The average Bonchev–Trinajstić information content (AvgIpc) is 3.15. The van der Waals surface area contributed by atoms with Crippen LogP contribution >= 0.6 is 0 Å². The second-order valence-corrected chi connectivity index (χ2v) is 5.99. The Bertz CT molecular complexity index is 756. The van der Waals surface area contributed by atoms with E-state index in [1.807, 2.05) is 31.2 Å². The lowest BCUT2D eigenvalue weighted by atomic mass is 10.2. The van der Waals surface area contributed by atoms with Gasteiger partial charge in [0.25, 0.3) is 5.91 Å². The Balaban J connectivity index is 1.56. The van der Waals surface area contributed by atoms with Crippen molar-refractivity contribution < 1.29 is 18.7 Å². The molecule has 0 bridgehead atoms. The van der Waals surface area contributed by atoms with Crippen molar-refractivity contribution >= 4 is 11.9 Å². The maximum absolute atomic E-state index is 11.9. The van der Waals surface area contributed by atoms with Crippen molar-refractivity contribution in [2.24, 2.45) is 4.99 Å². The lowest BCUT2D eigenvalue weighted by molar-refractivity contribution is 0.0925. The number of furan rings is 1. The molecule has 1 amide bonds. The Morgan fingerprint density at radius 3 is 2.36 bits per heavy atom. The summed E-state index contributed by atoms with van der Waals surface area (Å²) in [7, 11) is 3.34. The molecular formula is C20H28N4O4. The molecule has 1 aromatic carbocycles. The van der Waals surface area contributed by atoms with Gasteiger partial charge in [-0.15, -0.1) is 0 Å². The van der Waals surface area contributed by atoms with Crippen LogP contribution in [0.5, 0.6) is 11.5 Å². The quantitative estimate of drug-likeness (QED) is 0.327. The number of ether oxygens (including phenoxy) is 2. The van der Waals surface area contributed by atoms with Gasteiger partial charge in [0.05, 0.1) is 19.9 Å². The van der Waals surface area contributed by atoms with Crippen molar-refractivity contribution in [3.05, 3.63) is 47.9 Å².